The van der Waals surface area contributed by atoms with Gasteiger partial charge in [-0.3, -0.25) is 28.8 Å². The summed E-state index contributed by atoms with van der Waals surface area (Å²) in [7, 11) is 0. The Morgan fingerprint density at radius 2 is 1.33 bits per heavy atom. The van der Waals surface area contributed by atoms with Crippen LogP contribution in [0.1, 0.15) is 70.9 Å². The van der Waals surface area contributed by atoms with Crippen molar-refractivity contribution in [1.29, 1.82) is 0 Å². The molecule has 0 aliphatic carbocycles. The highest BCUT2D eigenvalue weighted by atomic mass is 16.3. The van der Waals surface area contributed by atoms with Crippen LogP contribution in [-0.2, 0) is 47.5 Å². The van der Waals surface area contributed by atoms with Crippen LogP contribution >= 0.6 is 0 Å². The van der Waals surface area contributed by atoms with Crippen LogP contribution in [0.2, 0.25) is 0 Å². The topological polar surface area (TPSA) is 217 Å². The number of anilines is 2. The summed E-state index contributed by atoms with van der Waals surface area (Å²) in [5.41, 5.74) is 5.75. The molecule has 6 amide bonds. The molecule has 0 bridgehead atoms. The Bertz CT molecular complexity index is 2120. The Kier molecular flexibility index (Phi) is 14.5. The van der Waals surface area contributed by atoms with E-state index in [-0.39, 0.29) is 37.4 Å². The third-order valence-electron chi connectivity index (χ3n) is 10.5. The van der Waals surface area contributed by atoms with Gasteiger partial charge in [0.25, 0.3) is 0 Å². The van der Waals surface area contributed by atoms with Gasteiger partial charge >= 0.3 is 0 Å². The second-order valence-electron chi connectivity index (χ2n) is 14.1. The van der Waals surface area contributed by atoms with E-state index in [1.165, 1.54) is 6.92 Å². The van der Waals surface area contributed by atoms with Crippen molar-refractivity contribution < 1.29 is 33.9 Å². The number of benzene rings is 3. The highest BCUT2D eigenvalue weighted by molar-refractivity contribution is 6.01. The number of carbonyl (C=O) groups is 6. The minimum absolute atomic E-state index is 0.125. The van der Waals surface area contributed by atoms with Gasteiger partial charge in [-0.25, -0.2) is 4.68 Å². The molecule has 0 saturated heterocycles. The van der Waals surface area contributed by atoms with Gasteiger partial charge in [-0.05, 0) is 55.5 Å². The monoisotopic (exact) mass is 793 g/mol. The van der Waals surface area contributed by atoms with Crippen molar-refractivity contribution in [1.82, 2.24) is 36.3 Å². The van der Waals surface area contributed by atoms with Crippen LogP contribution in [0.5, 0.6) is 0 Å². The van der Waals surface area contributed by atoms with Crippen LogP contribution in [0.3, 0.4) is 0 Å². The maximum absolute atomic E-state index is 14.0. The van der Waals surface area contributed by atoms with Crippen LogP contribution in [0.4, 0.5) is 11.4 Å². The number of carbonyl (C=O) groups excluding carboxylic acids is 6. The minimum atomic E-state index is -0.911. The molecule has 1 aromatic heterocycles. The number of aliphatic hydroxyl groups is 1. The molecule has 2 heterocycles. The standard InChI is InChI=1S/C42H51N9O7/c1-5-42(6-2,7-3)51-40-32-14-10-11-15-33(32)50(25-29-12-8-9-13-31(29)39(40)48-49-51)38(57)21-20-34(53)43-22-35(54)44-23-36(55)45-24-37(56)46-27(4)41(58)47-30-18-16-28(26-52)17-19-30/h8-19,27,52H,5-7,20-26H2,1-4H3,(H,43,53)(H,44,54)(H,45,55)(H,46,56)(H,47,58)/t27-/m0/s1. The van der Waals surface area contributed by atoms with Gasteiger partial charge in [0.15, 0.2) is 0 Å². The molecule has 0 fully saturated rings. The number of para-hydroxylation sites is 1. The Balaban J connectivity index is 1.11. The number of amides is 6. The summed E-state index contributed by atoms with van der Waals surface area (Å²) in [4.78, 5) is 77.9. The second-order valence-corrected chi connectivity index (χ2v) is 14.1. The first-order valence-electron chi connectivity index (χ1n) is 19.5. The zero-order valence-electron chi connectivity index (χ0n) is 33.3. The lowest BCUT2D eigenvalue weighted by Crippen LogP contribution is -2.47. The molecule has 306 valence electrons. The van der Waals surface area contributed by atoms with E-state index < -0.39 is 55.2 Å². The first kappa shape index (κ1) is 42.7. The number of nitrogens with one attached hydrogen (secondary N) is 5. The highest BCUT2D eigenvalue weighted by Crippen LogP contribution is 2.44. The number of hydrogen-bond donors (Lipinski definition) is 6. The fourth-order valence-electron chi connectivity index (χ4n) is 6.92. The third-order valence-corrected chi connectivity index (χ3v) is 10.5. The van der Waals surface area contributed by atoms with Crippen molar-refractivity contribution >= 4 is 46.8 Å². The third kappa shape index (κ3) is 10.1. The van der Waals surface area contributed by atoms with Crippen LogP contribution < -0.4 is 31.5 Å². The minimum Gasteiger partial charge on any atom is -0.392 e. The summed E-state index contributed by atoms with van der Waals surface area (Å²) in [5.74, 6) is -3.20. The second kappa shape index (κ2) is 19.6. The summed E-state index contributed by atoms with van der Waals surface area (Å²) >= 11 is 0. The van der Waals surface area contributed by atoms with Gasteiger partial charge < -0.3 is 36.6 Å². The van der Waals surface area contributed by atoms with Gasteiger partial charge in [-0.2, -0.15) is 0 Å². The molecule has 0 saturated carbocycles. The molecule has 1 atom stereocenters. The number of aromatic nitrogens is 3. The van der Waals surface area contributed by atoms with Gasteiger partial charge in [0.2, 0.25) is 35.4 Å². The number of hydrogen-bond acceptors (Lipinski definition) is 9. The predicted octanol–water partition coefficient (Wildman–Crippen LogP) is 3.15. The van der Waals surface area contributed by atoms with Crippen molar-refractivity contribution in [3.63, 3.8) is 0 Å². The molecule has 6 N–H and O–H groups in total. The Morgan fingerprint density at radius 1 is 0.741 bits per heavy atom. The first-order chi connectivity index (χ1) is 27.9. The van der Waals surface area contributed by atoms with Crippen LogP contribution in [-0.4, -0.2) is 81.2 Å². The Hall–Kier alpha value is -6.42. The molecule has 58 heavy (non-hydrogen) atoms. The van der Waals surface area contributed by atoms with Gasteiger partial charge in [0, 0.05) is 29.7 Å². The largest absolute Gasteiger partial charge is 0.392 e. The molecule has 5 rings (SSSR count). The fraction of sp³-hybridized carbons (Fsp3) is 0.381. The summed E-state index contributed by atoms with van der Waals surface area (Å²) in [6.07, 6.45) is 2.22. The lowest BCUT2D eigenvalue weighted by atomic mass is 9.88. The van der Waals surface area contributed by atoms with Crippen molar-refractivity contribution in [3.8, 4) is 22.5 Å². The molecule has 0 spiro atoms. The molecule has 0 radical (unpaired) electrons. The quantitative estimate of drug-likeness (QED) is 0.0925. The van der Waals surface area contributed by atoms with Crippen molar-refractivity contribution in [2.24, 2.45) is 0 Å². The smallest absolute Gasteiger partial charge is 0.246 e. The van der Waals surface area contributed by atoms with Crippen LogP contribution in [0, 0.1) is 0 Å². The average molecular weight is 794 g/mol. The Morgan fingerprint density at radius 3 is 1.97 bits per heavy atom. The number of aliphatic hydroxyl groups excluding tert-OH is 1. The Labute approximate surface area is 337 Å². The summed E-state index contributed by atoms with van der Waals surface area (Å²) < 4.78 is 2.03. The van der Waals surface area contributed by atoms with Crippen LogP contribution in [0.15, 0.2) is 72.8 Å². The predicted molar refractivity (Wildman–Crippen MR) is 218 cm³/mol. The summed E-state index contributed by atoms with van der Waals surface area (Å²) in [5, 5.41) is 30.9. The molecule has 4 aromatic rings. The lowest BCUT2D eigenvalue weighted by molar-refractivity contribution is -0.129. The zero-order valence-corrected chi connectivity index (χ0v) is 33.3. The zero-order chi connectivity index (χ0) is 41.8. The van der Waals surface area contributed by atoms with E-state index >= 15 is 0 Å². The van der Waals surface area contributed by atoms with Crippen molar-refractivity contribution in [2.45, 2.75) is 84.5 Å². The average Bonchev–Trinajstić information content (AvgIpc) is 3.68. The highest BCUT2D eigenvalue weighted by Gasteiger charge is 2.36. The van der Waals surface area contributed by atoms with E-state index in [0.29, 0.717) is 16.9 Å². The van der Waals surface area contributed by atoms with Gasteiger partial charge in [0.1, 0.15) is 11.7 Å². The van der Waals surface area contributed by atoms with E-state index in [1.54, 1.807) is 29.2 Å². The molecular formula is C42H51N9O7. The molecule has 1 aliphatic heterocycles. The van der Waals surface area contributed by atoms with E-state index in [2.05, 4.69) is 47.4 Å². The van der Waals surface area contributed by atoms with E-state index in [1.807, 2.05) is 53.2 Å². The van der Waals surface area contributed by atoms with Gasteiger partial charge in [-0.15, -0.1) is 5.10 Å². The van der Waals surface area contributed by atoms with E-state index in [0.717, 1.165) is 47.3 Å². The van der Waals surface area contributed by atoms with Gasteiger partial charge in [0.05, 0.1) is 49.7 Å². The number of nitrogens with zero attached hydrogens (tertiary/aromatic N) is 4. The number of fused-ring (bicyclic) bond motifs is 5. The van der Waals surface area contributed by atoms with Crippen molar-refractivity contribution in [3.05, 3.63) is 83.9 Å². The number of rotatable bonds is 17. The first-order valence-corrected chi connectivity index (χ1v) is 19.5. The molecule has 16 heteroatoms. The lowest BCUT2D eigenvalue weighted by Gasteiger charge is -2.34. The van der Waals surface area contributed by atoms with Gasteiger partial charge in [-0.1, -0.05) is 80.6 Å². The summed E-state index contributed by atoms with van der Waals surface area (Å²) in [6.45, 7) is 6.72. The SMILES string of the molecule is CCC(CC)(CC)n1nnc2c1-c1ccccc1N(C(=O)CCC(=O)NCC(=O)NCC(=O)NCC(=O)N[C@@H](C)C(=O)Nc1ccc(CO)cc1)Cc1ccccc1-2. The normalized spacial score (nSPS) is 12.4. The fourth-order valence-corrected chi connectivity index (χ4v) is 6.92. The van der Waals surface area contributed by atoms with Crippen molar-refractivity contribution in [2.75, 3.05) is 29.9 Å². The maximum Gasteiger partial charge on any atom is 0.246 e. The summed E-state index contributed by atoms with van der Waals surface area (Å²) in [6, 6.07) is 21.1. The van der Waals surface area contributed by atoms with E-state index in [4.69, 9.17) is 15.4 Å². The molecule has 16 nitrogen and oxygen atoms in total. The molecule has 0 unspecified atom stereocenters. The maximum atomic E-state index is 14.0. The van der Waals surface area contributed by atoms with Crippen LogP contribution in [0.25, 0.3) is 22.5 Å². The van der Waals surface area contributed by atoms with E-state index in [9.17, 15) is 28.8 Å². The molecule has 3 aromatic carbocycles. The molecular weight excluding hydrogens is 743 g/mol. The molecule has 1 aliphatic rings.